The summed E-state index contributed by atoms with van der Waals surface area (Å²) in [5, 5.41) is 3.25. The molecule has 0 saturated carbocycles. The summed E-state index contributed by atoms with van der Waals surface area (Å²) in [6.07, 6.45) is 3.81. The molecule has 0 aliphatic carbocycles. The van der Waals surface area contributed by atoms with Gasteiger partial charge in [0.1, 0.15) is 17.7 Å². The Morgan fingerprint density at radius 1 is 1.15 bits per heavy atom. The van der Waals surface area contributed by atoms with Crippen molar-refractivity contribution in [3.8, 4) is 0 Å². The van der Waals surface area contributed by atoms with Crippen molar-refractivity contribution in [1.82, 2.24) is 14.5 Å². The molecule has 2 aromatic heterocycles. The molecule has 0 fully saturated rings. The van der Waals surface area contributed by atoms with Gasteiger partial charge < -0.3 is 9.88 Å². The van der Waals surface area contributed by atoms with Gasteiger partial charge in [-0.05, 0) is 43.2 Å². The summed E-state index contributed by atoms with van der Waals surface area (Å²) in [7, 11) is 0. The Morgan fingerprint density at radius 3 is 2.85 bits per heavy atom. The summed E-state index contributed by atoms with van der Waals surface area (Å²) in [6.45, 7) is 1.00. The molecule has 3 heterocycles. The summed E-state index contributed by atoms with van der Waals surface area (Å²) in [4.78, 5) is 8.67. The van der Waals surface area contributed by atoms with E-state index in [0.717, 1.165) is 41.9 Å². The fourth-order valence-corrected chi connectivity index (χ4v) is 2.79. The maximum absolute atomic E-state index is 13.0. The number of aryl methyl sites for hydroxylation is 2. The third-order valence-electron chi connectivity index (χ3n) is 3.69. The van der Waals surface area contributed by atoms with Crippen LogP contribution in [0.5, 0.6) is 0 Å². The molecule has 0 saturated heterocycles. The summed E-state index contributed by atoms with van der Waals surface area (Å²) < 4.78 is 15.2. The molecular weight excluding hydrogens is 255 g/mol. The van der Waals surface area contributed by atoms with Gasteiger partial charge in [0.05, 0.1) is 5.52 Å². The van der Waals surface area contributed by atoms with Crippen LogP contribution in [0.25, 0.3) is 11.0 Å². The second-order valence-electron chi connectivity index (χ2n) is 4.98. The lowest BCUT2D eigenvalue weighted by Gasteiger charge is -2.09. The number of nitrogens with zero attached hydrogens (tertiary/aromatic N) is 3. The molecule has 3 aromatic rings. The van der Waals surface area contributed by atoms with E-state index in [1.807, 2.05) is 0 Å². The Labute approximate surface area is 115 Å². The van der Waals surface area contributed by atoms with E-state index < -0.39 is 0 Å². The van der Waals surface area contributed by atoms with Crippen LogP contribution in [0.15, 0.2) is 36.7 Å². The van der Waals surface area contributed by atoms with Gasteiger partial charge in [0.2, 0.25) is 0 Å². The van der Waals surface area contributed by atoms with Gasteiger partial charge in [-0.15, -0.1) is 0 Å². The van der Waals surface area contributed by atoms with Crippen LogP contribution in [0.3, 0.4) is 0 Å². The van der Waals surface area contributed by atoms with Gasteiger partial charge in [-0.1, -0.05) is 0 Å². The highest BCUT2D eigenvalue weighted by Gasteiger charge is 2.18. The van der Waals surface area contributed by atoms with Crippen molar-refractivity contribution in [2.24, 2.45) is 0 Å². The van der Waals surface area contributed by atoms with Crippen molar-refractivity contribution in [2.45, 2.75) is 19.4 Å². The molecule has 5 heteroatoms. The molecule has 4 rings (SSSR count). The van der Waals surface area contributed by atoms with E-state index in [1.165, 1.54) is 17.8 Å². The Hall–Kier alpha value is -2.43. The Kier molecular flexibility index (Phi) is 2.45. The molecule has 0 radical (unpaired) electrons. The molecule has 4 nitrogen and oxygen atoms in total. The van der Waals surface area contributed by atoms with Crippen LogP contribution in [0.2, 0.25) is 0 Å². The van der Waals surface area contributed by atoms with Crippen LogP contribution in [0.4, 0.5) is 15.9 Å². The van der Waals surface area contributed by atoms with Crippen molar-refractivity contribution in [2.75, 3.05) is 5.32 Å². The van der Waals surface area contributed by atoms with E-state index >= 15 is 0 Å². The minimum atomic E-state index is -0.244. The normalized spacial score (nSPS) is 13.7. The zero-order valence-electron chi connectivity index (χ0n) is 10.8. The number of hydrogen-bond acceptors (Lipinski definition) is 3. The van der Waals surface area contributed by atoms with Gasteiger partial charge in [0.15, 0.2) is 5.82 Å². The second-order valence-corrected chi connectivity index (χ2v) is 4.98. The Morgan fingerprint density at radius 2 is 2.00 bits per heavy atom. The highest BCUT2D eigenvalue weighted by molar-refractivity contribution is 5.89. The van der Waals surface area contributed by atoms with E-state index in [-0.39, 0.29) is 5.82 Å². The van der Waals surface area contributed by atoms with Gasteiger partial charge in [-0.2, -0.15) is 0 Å². The van der Waals surface area contributed by atoms with Crippen molar-refractivity contribution in [1.29, 1.82) is 0 Å². The van der Waals surface area contributed by atoms with Crippen molar-refractivity contribution in [3.63, 3.8) is 0 Å². The second kappa shape index (κ2) is 4.30. The van der Waals surface area contributed by atoms with E-state index in [0.29, 0.717) is 0 Å². The van der Waals surface area contributed by atoms with Crippen molar-refractivity contribution >= 4 is 22.5 Å². The topological polar surface area (TPSA) is 42.7 Å². The molecule has 1 aliphatic heterocycles. The number of fused-ring (bicyclic) bond motifs is 3. The maximum atomic E-state index is 13.0. The van der Waals surface area contributed by atoms with Crippen LogP contribution >= 0.6 is 0 Å². The quantitative estimate of drug-likeness (QED) is 0.775. The number of hydrogen-bond donors (Lipinski definition) is 1. The zero-order chi connectivity index (χ0) is 13.5. The first-order valence-corrected chi connectivity index (χ1v) is 6.67. The molecule has 0 amide bonds. The minimum Gasteiger partial charge on any atom is -0.340 e. The largest absolute Gasteiger partial charge is 0.340 e. The van der Waals surface area contributed by atoms with E-state index in [2.05, 4.69) is 25.9 Å². The molecule has 0 bridgehead atoms. The van der Waals surface area contributed by atoms with Crippen LogP contribution in [-0.2, 0) is 13.0 Å². The van der Waals surface area contributed by atoms with Crippen molar-refractivity contribution < 1.29 is 4.39 Å². The number of rotatable bonds is 2. The van der Waals surface area contributed by atoms with Crippen LogP contribution in [-0.4, -0.2) is 14.5 Å². The molecule has 1 aromatic carbocycles. The fourth-order valence-electron chi connectivity index (χ4n) is 2.79. The third-order valence-corrected chi connectivity index (χ3v) is 3.69. The van der Waals surface area contributed by atoms with Gasteiger partial charge in [-0.25, -0.2) is 14.4 Å². The third kappa shape index (κ3) is 1.74. The number of benzene rings is 1. The van der Waals surface area contributed by atoms with Crippen LogP contribution in [0, 0.1) is 5.82 Å². The van der Waals surface area contributed by atoms with Gasteiger partial charge in [0.25, 0.3) is 0 Å². The lowest BCUT2D eigenvalue weighted by atomic mass is 10.3. The summed E-state index contributed by atoms with van der Waals surface area (Å²) >= 11 is 0. The molecule has 1 aliphatic rings. The number of nitrogens with one attached hydrogen (secondary N) is 1. The average Bonchev–Trinajstić information content (AvgIpc) is 3.02. The van der Waals surface area contributed by atoms with E-state index in [1.54, 1.807) is 18.5 Å². The monoisotopic (exact) mass is 268 g/mol. The minimum absolute atomic E-state index is 0.244. The van der Waals surface area contributed by atoms with Gasteiger partial charge >= 0.3 is 0 Å². The predicted octanol–water partition coefficient (Wildman–Crippen LogP) is 3.26. The Bertz CT molecular complexity index is 776. The first kappa shape index (κ1) is 11.4. The highest BCUT2D eigenvalue weighted by atomic mass is 19.1. The van der Waals surface area contributed by atoms with Crippen LogP contribution in [0.1, 0.15) is 12.1 Å². The molecule has 0 atom stereocenters. The molecule has 0 unspecified atom stereocenters. The summed E-state index contributed by atoms with van der Waals surface area (Å²) in [6, 6.07) is 8.40. The zero-order valence-corrected chi connectivity index (χ0v) is 10.8. The number of halogens is 1. The van der Waals surface area contributed by atoms with Gasteiger partial charge in [0, 0.05) is 17.9 Å². The first-order valence-electron chi connectivity index (χ1n) is 6.67. The molecule has 20 heavy (non-hydrogen) atoms. The van der Waals surface area contributed by atoms with Crippen LogP contribution < -0.4 is 5.32 Å². The van der Waals surface area contributed by atoms with Gasteiger partial charge in [-0.3, -0.25) is 0 Å². The predicted molar refractivity (Wildman–Crippen MR) is 75.5 cm³/mol. The molecular formula is C15H13FN4. The van der Waals surface area contributed by atoms with Crippen molar-refractivity contribution in [3.05, 3.63) is 48.2 Å². The average molecular weight is 268 g/mol. The fraction of sp³-hybridized carbons (Fsp3) is 0.200. The van der Waals surface area contributed by atoms with E-state index in [4.69, 9.17) is 0 Å². The molecule has 100 valence electrons. The maximum Gasteiger partial charge on any atom is 0.158 e. The first-order chi connectivity index (χ1) is 9.81. The number of anilines is 2. The lowest BCUT2D eigenvalue weighted by Crippen LogP contribution is -2.00. The summed E-state index contributed by atoms with van der Waals surface area (Å²) in [5.41, 5.74) is 4.12. The number of aromatic nitrogens is 3. The smallest absolute Gasteiger partial charge is 0.158 e. The highest BCUT2D eigenvalue weighted by Crippen LogP contribution is 2.30. The summed E-state index contributed by atoms with van der Waals surface area (Å²) in [5.74, 6) is 0.529. The lowest BCUT2D eigenvalue weighted by molar-refractivity contribution is 0.628. The van der Waals surface area contributed by atoms with E-state index in [9.17, 15) is 4.39 Å². The molecule has 1 N–H and O–H groups in total. The SMILES string of the molecule is Fc1ccc(Nc2ncnc3cc4n(c23)CCC4)cc1. The Balaban J connectivity index is 1.81. The standard InChI is InChI=1S/C15H13FN4/c16-10-3-5-11(6-4-10)19-15-14-13(17-9-18-15)8-12-2-1-7-20(12)14/h3-6,8-9H,1-2,7H2,(H,17,18,19). The molecule has 0 spiro atoms.